The Labute approximate surface area is 166 Å². The average molecular weight is 408 g/mol. The highest BCUT2D eigenvalue weighted by atomic mass is 35.5. The molecule has 8 heteroatoms. The van der Waals surface area contributed by atoms with Gasteiger partial charge < -0.3 is 20.7 Å². The molecule has 26 heavy (non-hydrogen) atoms. The third-order valence-corrected chi connectivity index (χ3v) is 5.15. The lowest BCUT2D eigenvalue weighted by molar-refractivity contribution is -0.122. The Balaban J connectivity index is 1.45. The molecule has 1 aliphatic heterocycles. The van der Waals surface area contributed by atoms with Crippen LogP contribution in [0.15, 0.2) is 47.4 Å². The Bertz CT molecular complexity index is 815. The zero-order valence-corrected chi connectivity index (χ0v) is 16.4. The maximum atomic E-state index is 11.7. The van der Waals surface area contributed by atoms with Crippen molar-refractivity contribution in [1.29, 1.82) is 0 Å². The topological polar surface area (TPSA) is 62.4 Å². The van der Waals surface area contributed by atoms with E-state index in [1.165, 1.54) is 0 Å². The highest BCUT2D eigenvalue weighted by Gasteiger charge is 2.23. The van der Waals surface area contributed by atoms with E-state index in [1.807, 2.05) is 36.4 Å². The smallest absolute Gasteiger partial charge is 0.265 e. The molecule has 136 valence electrons. The molecule has 0 radical (unpaired) electrons. The van der Waals surface area contributed by atoms with E-state index in [0.717, 1.165) is 27.9 Å². The van der Waals surface area contributed by atoms with E-state index in [2.05, 4.69) is 16.0 Å². The van der Waals surface area contributed by atoms with Crippen LogP contribution >= 0.6 is 35.6 Å². The molecule has 2 aromatic carbocycles. The number of carbonyl (C=O) groups is 1. The van der Waals surface area contributed by atoms with Gasteiger partial charge in [-0.3, -0.25) is 4.79 Å². The maximum Gasteiger partial charge on any atom is 0.265 e. The first kappa shape index (κ1) is 18.8. The number of thiocarbonyl (C=S) groups is 1. The largest absolute Gasteiger partial charge is 0.479 e. The number of benzene rings is 2. The molecule has 0 aromatic heterocycles. The molecule has 0 bridgehead atoms. The Kier molecular flexibility index (Phi) is 6.24. The molecule has 1 aliphatic rings. The summed E-state index contributed by atoms with van der Waals surface area (Å²) < 4.78 is 5.53. The molecule has 1 amide bonds. The van der Waals surface area contributed by atoms with E-state index in [9.17, 15) is 4.79 Å². The predicted molar refractivity (Wildman–Crippen MR) is 112 cm³/mol. The fourth-order valence-corrected chi connectivity index (χ4v) is 3.44. The van der Waals surface area contributed by atoms with Gasteiger partial charge >= 0.3 is 0 Å². The van der Waals surface area contributed by atoms with Gasteiger partial charge in [0.15, 0.2) is 11.2 Å². The summed E-state index contributed by atoms with van der Waals surface area (Å²) in [6.45, 7) is 2.44. The quantitative estimate of drug-likeness (QED) is 0.393. The lowest BCUT2D eigenvalue weighted by atomic mass is 10.2. The minimum Gasteiger partial charge on any atom is -0.479 e. The van der Waals surface area contributed by atoms with Crippen molar-refractivity contribution in [3.05, 3.63) is 47.5 Å². The van der Waals surface area contributed by atoms with Crippen molar-refractivity contribution >= 4 is 58.0 Å². The van der Waals surface area contributed by atoms with Gasteiger partial charge in [0.1, 0.15) is 5.75 Å². The maximum absolute atomic E-state index is 11.7. The Morgan fingerprint density at radius 3 is 2.85 bits per heavy atom. The standard InChI is InChI=1S/C18H18ClN3O2S2/c1-11-17(23)22-15-10-13(4-7-16(15)24-11)21-18(25)20-8-9-26-14-5-2-12(19)3-6-14/h2-7,10-11H,8-9H2,1H3,(H,22,23)(H2,20,21,25)/t11-/m0/s1. The van der Waals surface area contributed by atoms with Crippen LogP contribution in [0.25, 0.3) is 0 Å². The van der Waals surface area contributed by atoms with E-state index < -0.39 is 6.10 Å². The molecule has 5 nitrogen and oxygen atoms in total. The van der Waals surface area contributed by atoms with E-state index in [-0.39, 0.29) is 5.91 Å². The Morgan fingerprint density at radius 1 is 1.31 bits per heavy atom. The Hall–Kier alpha value is -1.96. The molecular formula is C18H18ClN3O2S2. The van der Waals surface area contributed by atoms with Crippen LogP contribution in [0.3, 0.4) is 0 Å². The van der Waals surface area contributed by atoms with Gasteiger partial charge in [-0.1, -0.05) is 11.6 Å². The van der Waals surface area contributed by atoms with Crippen LogP contribution in [-0.4, -0.2) is 29.4 Å². The average Bonchev–Trinajstić information content (AvgIpc) is 2.61. The van der Waals surface area contributed by atoms with Gasteiger partial charge in [-0.2, -0.15) is 0 Å². The number of hydrogen-bond acceptors (Lipinski definition) is 4. The molecule has 0 spiro atoms. The second kappa shape index (κ2) is 8.62. The van der Waals surface area contributed by atoms with Gasteiger partial charge in [-0.05, 0) is 61.6 Å². The molecule has 3 rings (SSSR count). The summed E-state index contributed by atoms with van der Waals surface area (Å²) in [6.07, 6.45) is -0.484. The van der Waals surface area contributed by atoms with Crippen LogP contribution in [0.5, 0.6) is 5.75 Å². The van der Waals surface area contributed by atoms with Gasteiger partial charge in [0.2, 0.25) is 0 Å². The van der Waals surface area contributed by atoms with Crippen molar-refractivity contribution < 1.29 is 9.53 Å². The first-order valence-electron chi connectivity index (χ1n) is 8.06. The van der Waals surface area contributed by atoms with E-state index in [0.29, 0.717) is 16.5 Å². The highest BCUT2D eigenvalue weighted by molar-refractivity contribution is 7.99. The number of ether oxygens (including phenoxy) is 1. The van der Waals surface area contributed by atoms with Gasteiger partial charge in [0.05, 0.1) is 5.69 Å². The summed E-state index contributed by atoms with van der Waals surface area (Å²) in [5.74, 6) is 1.37. The second-order valence-corrected chi connectivity index (χ2v) is 7.66. The van der Waals surface area contributed by atoms with Crippen LogP contribution in [-0.2, 0) is 4.79 Å². The zero-order valence-electron chi connectivity index (χ0n) is 14.0. The van der Waals surface area contributed by atoms with Gasteiger partial charge in [-0.15, -0.1) is 11.8 Å². The van der Waals surface area contributed by atoms with E-state index in [1.54, 1.807) is 24.8 Å². The third kappa shape index (κ3) is 5.03. The number of fused-ring (bicyclic) bond motifs is 1. The number of rotatable bonds is 5. The normalized spacial score (nSPS) is 15.5. The van der Waals surface area contributed by atoms with Gasteiger partial charge in [0.25, 0.3) is 5.91 Å². The fourth-order valence-electron chi connectivity index (χ4n) is 2.33. The van der Waals surface area contributed by atoms with Crippen molar-refractivity contribution in [2.45, 2.75) is 17.9 Å². The van der Waals surface area contributed by atoms with Crippen molar-refractivity contribution in [2.75, 3.05) is 22.9 Å². The molecule has 3 N–H and O–H groups in total. The summed E-state index contributed by atoms with van der Waals surface area (Å²) in [5.41, 5.74) is 1.42. The Morgan fingerprint density at radius 2 is 2.08 bits per heavy atom. The summed E-state index contributed by atoms with van der Waals surface area (Å²) in [4.78, 5) is 12.9. The van der Waals surface area contributed by atoms with Crippen molar-refractivity contribution in [3.8, 4) is 5.75 Å². The highest BCUT2D eigenvalue weighted by Crippen LogP contribution is 2.32. The monoisotopic (exact) mass is 407 g/mol. The molecule has 2 aromatic rings. The van der Waals surface area contributed by atoms with Crippen LogP contribution in [0.1, 0.15) is 6.92 Å². The molecule has 0 fully saturated rings. The van der Waals surface area contributed by atoms with Gasteiger partial charge in [-0.25, -0.2) is 0 Å². The number of hydrogen-bond donors (Lipinski definition) is 3. The van der Waals surface area contributed by atoms with Gasteiger partial charge in [0, 0.05) is 27.9 Å². The summed E-state index contributed by atoms with van der Waals surface area (Å²) in [7, 11) is 0. The summed E-state index contributed by atoms with van der Waals surface area (Å²) >= 11 is 12.9. The summed E-state index contributed by atoms with van der Waals surface area (Å²) in [5, 5.41) is 10.4. The van der Waals surface area contributed by atoms with Crippen LogP contribution in [0, 0.1) is 0 Å². The fraction of sp³-hybridized carbons (Fsp3) is 0.222. The third-order valence-electron chi connectivity index (χ3n) is 3.64. The first-order chi connectivity index (χ1) is 12.5. The minimum atomic E-state index is -0.484. The predicted octanol–water partition coefficient (Wildman–Crippen LogP) is 4.14. The molecule has 0 saturated heterocycles. The molecular weight excluding hydrogens is 390 g/mol. The number of anilines is 2. The SMILES string of the molecule is C[C@@H]1Oc2ccc(NC(=S)NCCSc3ccc(Cl)cc3)cc2NC1=O. The summed E-state index contributed by atoms with van der Waals surface area (Å²) in [6, 6.07) is 13.2. The first-order valence-corrected chi connectivity index (χ1v) is 9.83. The lowest BCUT2D eigenvalue weighted by Gasteiger charge is -2.23. The minimum absolute atomic E-state index is 0.158. The van der Waals surface area contributed by atoms with E-state index in [4.69, 9.17) is 28.6 Å². The van der Waals surface area contributed by atoms with Crippen molar-refractivity contribution in [3.63, 3.8) is 0 Å². The second-order valence-electron chi connectivity index (χ2n) is 5.64. The number of amides is 1. The van der Waals surface area contributed by atoms with Crippen molar-refractivity contribution in [2.24, 2.45) is 0 Å². The van der Waals surface area contributed by atoms with E-state index >= 15 is 0 Å². The lowest BCUT2D eigenvalue weighted by Crippen LogP contribution is -2.34. The molecule has 0 saturated carbocycles. The number of carbonyl (C=O) groups excluding carboxylic acids is 1. The van der Waals surface area contributed by atoms with Crippen LogP contribution in [0.4, 0.5) is 11.4 Å². The molecule has 1 heterocycles. The number of nitrogens with one attached hydrogen (secondary N) is 3. The number of thioether (sulfide) groups is 1. The van der Waals surface area contributed by atoms with Crippen molar-refractivity contribution in [1.82, 2.24) is 5.32 Å². The molecule has 1 atom stereocenters. The zero-order chi connectivity index (χ0) is 18.5. The van der Waals surface area contributed by atoms with Crippen LogP contribution < -0.4 is 20.7 Å². The molecule has 0 unspecified atom stereocenters. The van der Waals surface area contributed by atoms with Crippen LogP contribution in [0.2, 0.25) is 5.02 Å². The molecule has 0 aliphatic carbocycles. The number of halogens is 1.